The molecule has 0 aliphatic heterocycles. The van der Waals surface area contributed by atoms with Crippen molar-refractivity contribution in [1.29, 1.82) is 0 Å². The average molecular weight is 266 g/mol. The summed E-state index contributed by atoms with van der Waals surface area (Å²) in [5.41, 5.74) is 5.86. The first-order valence-electron chi connectivity index (χ1n) is 6.35. The standard InChI is InChI=1S/C14H22N2O3/c1-9(2)6-10(8-15)16-14(18)12-5-4-11(19-3)7-13(12)17/h4-5,7,9-10,17H,6,8,15H2,1-3H3,(H,16,18). The third kappa shape index (κ3) is 4.44. The molecule has 0 bridgehead atoms. The van der Waals surface area contributed by atoms with Crippen molar-refractivity contribution in [1.82, 2.24) is 5.32 Å². The molecule has 0 aromatic heterocycles. The first kappa shape index (κ1) is 15.3. The number of carbonyl (C=O) groups excluding carboxylic acids is 1. The molecule has 5 nitrogen and oxygen atoms in total. The molecule has 5 heteroatoms. The second-order valence-corrected chi connectivity index (χ2v) is 4.92. The summed E-state index contributed by atoms with van der Waals surface area (Å²) >= 11 is 0. The molecule has 1 amide bonds. The van der Waals surface area contributed by atoms with Crippen molar-refractivity contribution < 1.29 is 14.6 Å². The highest BCUT2D eigenvalue weighted by atomic mass is 16.5. The van der Waals surface area contributed by atoms with Gasteiger partial charge in [-0.25, -0.2) is 0 Å². The summed E-state index contributed by atoms with van der Waals surface area (Å²) in [6, 6.07) is 4.49. The maximum Gasteiger partial charge on any atom is 0.255 e. The number of benzene rings is 1. The zero-order valence-corrected chi connectivity index (χ0v) is 11.6. The van der Waals surface area contributed by atoms with E-state index < -0.39 is 0 Å². The first-order chi connectivity index (χ1) is 8.97. The van der Waals surface area contributed by atoms with Gasteiger partial charge in [0.2, 0.25) is 0 Å². The molecule has 1 aromatic carbocycles. The van der Waals surface area contributed by atoms with Crippen molar-refractivity contribution in [2.24, 2.45) is 11.7 Å². The molecule has 0 radical (unpaired) electrons. The number of nitrogens with one attached hydrogen (secondary N) is 1. The molecule has 0 saturated carbocycles. The fourth-order valence-corrected chi connectivity index (χ4v) is 1.88. The van der Waals surface area contributed by atoms with Gasteiger partial charge in [0.15, 0.2) is 0 Å². The van der Waals surface area contributed by atoms with E-state index in [-0.39, 0.29) is 23.3 Å². The monoisotopic (exact) mass is 266 g/mol. The largest absolute Gasteiger partial charge is 0.507 e. The van der Waals surface area contributed by atoms with Crippen LogP contribution in [0.4, 0.5) is 0 Å². The minimum Gasteiger partial charge on any atom is -0.507 e. The first-order valence-corrected chi connectivity index (χ1v) is 6.35. The van der Waals surface area contributed by atoms with Crippen LogP contribution in [-0.4, -0.2) is 30.7 Å². The SMILES string of the molecule is COc1ccc(C(=O)NC(CN)CC(C)C)c(O)c1. The van der Waals surface area contributed by atoms with Gasteiger partial charge < -0.3 is 20.9 Å². The highest BCUT2D eigenvalue weighted by molar-refractivity contribution is 5.97. The molecule has 19 heavy (non-hydrogen) atoms. The van der Waals surface area contributed by atoms with Crippen LogP contribution in [0.5, 0.6) is 11.5 Å². The highest BCUT2D eigenvalue weighted by Gasteiger charge is 2.16. The number of hydrogen-bond acceptors (Lipinski definition) is 4. The topological polar surface area (TPSA) is 84.6 Å². The Morgan fingerprint density at radius 1 is 1.47 bits per heavy atom. The maximum atomic E-state index is 12.0. The molecule has 1 atom stereocenters. The van der Waals surface area contributed by atoms with E-state index in [0.29, 0.717) is 18.2 Å². The van der Waals surface area contributed by atoms with E-state index in [4.69, 9.17) is 10.5 Å². The number of rotatable bonds is 6. The van der Waals surface area contributed by atoms with Crippen LogP contribution in [-0.2, 0) is 0 Å². The average Bonchev–Trinajstić information content (AvgIpc) is 2.36. The Morgan fingerprint density at radius 3 is 2.63 bits per heavy atom. The highest BCUT2D eigenvalue weighted by Crippen LogP contribution is 2.23. The van der Waals surface area contributed by atoms with Crippen LogP contribution in [0.15, 0.2) is 18.2 Å². The molecule has 0 spiro atoms. The molecule has 0 aliphatic rings. The summed E-state index contributed by atoms with van der Waals surface area (Å²) in [4.78, 5) is 12.0. The van der Waals surface area contributed by atoms with Gasteiger partial charge in [-0.15, -0.1) is 0 Å². The number of amides is 1. The van der Waals surface area contributed by atoms with E-state index in [2.05, 4.69) is 19.2 Å². The quantitative estimate of drug-likeness (QED) is 0.728. The molecule has 1 aromatic rings. The number of carbonyl (C=O) groups is 1. The summed E-state index contributed by atoms with van der Waals surface area (Å²) < 4.78 is 4.97. The van der Waals surface area contributed by atoms with Gasteiger partial charge >= 0.3 is 0 Å². The Hall–Kier alpha value is -1.75. The van der Waals surface area contributed by atoms with Gasteiger partial charge in [-0.3, -0.25) is 4.79 Å². The number of methoxy groups -OCH3 is 1. The van der Waals surface area contributed by atoms with Crippen molar-refractivity contribution in [3.05, 3.63) is 23.8 Å². The predicted molar refractivity (Wildman–Crippen MR) is 74.4 cm³/mol. The van der Waals surface area contributed by atoms with E-state index in [1.807, 2.05) is 0 Å². The Balaban J connectivity index is 2.77. The third-order valence-corrected chi connectivity index (χ3v) is 2.83. The fraction of sp³-hybridized carbons (Fsp3) is 0.500. The van der Waals surface area contributed by atoms with Crippen LogP contribution >= 0.6 is 0 Å². The number of aromatic hydroxyl groups is 1. The normalized spacial score (nSPS) is 12.3. The number of nitrogens with two attached hydrogens (primary N) is 1. The van der Waals surface area contributed by atoms with Gasteiger partial charge in [0.1, 0.15) is 11.5 Å². The predicted octanol–water partition coefficient (Wildman–Crippen LogP) is 1.50. The lowest BCUT2D eigenvalue weighted by molar-refractivity contribution is 0.0931. The molecular weight excluding hydrogens is 244 g/mol. The lowest BCUT2D eigenvalue weighted by Gasteiger charge is -2.19. The van der Waals surface area contributed by atoms with E-state index in [1.165, 1.54) is 19.2 Å². The van der Waals surface area contributed by atoms with Gasteiger partial charge in [0.05, 0.1) is 12.7 Å². The summed E-state index contributed by atoms with van der Waals surface area (Å²) in [5, 5.41) is 12.6. The van der Waals surface area contributed by atoms with Crippen molar-refractivity contribution in [3.63, 3.8) is 0 Å². The van der Waals surface area contributed by atoms with E-state index in [9.17, 15) is 9.90 Å². The zero-order valence-electron chi connectivity index (χ0n) is 11.6. The smallest absolute Gasteiger partial charge is 0.255 e. The molecule has 0 heterocycles. The van der Waals surface area contributed by atoms with Crippen LogP contribution < -0.4 is 15.8 Å². The number of phenolic OH excluding ortho intramolecular Hbond substituents is 1. The van der Waals surface area contributed by atoms with Crippen molar-refractivity contribution in [3.8, 4) is 11.5 Å². The minimum atomic E-state index is -0.323. The second kappa shape index (κ2) is 6.99. The van der Waals surface area contributed by atoms with Gasteiger partial charge in [-0.05, 0) is 24.5 Å². The Labute approximate surface area is 113 Å². The Kier molecular flexibility index (Phi) is 5.63. The van der Waals surface area contributed by atoms with E-state index in [0.717, 1.165) is 6.42 Å². The molecule has 4 N–H and O–H groups in total. The zero-order chi connectivity index (χ0) is 14.4. The molecule has 0 fully saturated rings. The lowest BCUT2D eigenvalue weighted by Crippen LogP contribution is -2.41. The van der Waals surface area contributed by atoms with Crippen LogP contribution in [0.2, 0.25) is 0 Å². The number of phenols is 1. The summed E-state index contributed by atoms with van der Waals surface area (Å²) in [5.74, 6) is 0.526. The third-order valence-electron chi connectivity index (χ3n) is 2.83. The van der Waals surface area contributed by atoms with Crippen LogP contribution in [0.1, 0.15) is 30.6 Å². The van der Waals surface area contributed by atoms with E-state index in [1.54, 1.807) is 6.07 Å². The molecule has 1 unspecified atom stereocenters. The molecule has 106 valence electrons. The summed E-state index contributed by atoms with van der Waals surface area (Å²) in [7, 11) is 1.50. The van der Waals surface area contributed by atoms with Gasteiger partial charge in [0, 0.05) is 18.7 Å². The number of hydrogen-bond donors (Lipinski definition) is 3. The minimum absolute atomic E-state index is 0.0889. The molecule has 0 aliphatic carbocycles. The van der Waals surface area contributed by atoms with Gasteiger partial charge in [0.25, 0.3) is 5.91 Å². The summed E-state index contributed by atoms with van der Waals surface area (Å²) in [6.45, 7) is 4.51. The molecule has 1 rings (SSSR count). The number of ether oxygens (including phenoxy) is 1. The van der Waals surface area contributed by atoms with Crippen LogP contribution in [0.3, 0.4) is 0 Å². The molecular formula is C14H22N2O3. The van der Waals surface area contributed by atoms with E-state index >= 15 is 0 Å². The van der Waals surface area contributed by atoms with Crippen LogP contribution in [0, 0.1) is 5.92 Å². The lowest BCUT2D eigenvalue weighted by atomic mass is 10.0. The second-order valence-electron chi connectivity index (χ2n) is 4.92. The van der Waals surface area contributed by atoms with Crippen molar-refractivity contribution in [2.45, 2.75) is 26.3 Å². The molecule has 0 saturated heterocycles. The van der Waals surface area contributed by atoms with Crippen molar-refractivity contribution >= 4 is 5.91 Å². The Morgan fingerprint density at radius 2 is 2.16 bits per heavy atom. The van der Waals surface area contributed by atoms with Gasteiger partial charge in [-0.1, -0.05) is 13.8 Å². The summed E-state index contributed by atoms with van der Waals surface area (Å²) in [6.07, 6.45) is 0.805. The van der Waals surface area contributed by atoms with Crippen LogP contribution in [0.25, 0.3) is 0 Å². The van der Waals surface area contributed by atoms with Gasteiger partial charge in [-0.2, -0.15) is 0 Å². The van der Waals surface area contributed by atoms with Crippen molar-refractivity contribution in [2.75, 3.05) is 13.7 Å². The Bertz CT molecular complexity index is 433. The maximum absolute atomic E-state index is 12.0. The fourth-order valence-electron chi connectivity index (χ4n) is 1.88.